The number of carbonyl (C=O) groups excluding carboxylic acids is 1. The molecule has 9 heteroatoms. The number of pyridine rings is 1. The Morgan fingerprint density at radius 2 is 1.79 bits per heavy atom. The molecule has 5 rings (SSSR count). The van der Waals surface area contributed by atoms with Crippen molar-refractivity contribution in [1.29, 1.82) is 0 Å². The largest absolute Gasteiger partial charge is 0.497 e. The predicted octanol–water partition coefficient (Wildman–Crippen LogP) is 4.36. The fraction of sp³-hybridized carbons (Fsp3) is 0.120. The number of ether oxygens (including phenoxy) is 2. The third kappa shape index (κ3) is 3.65. The Hall–Kier alpha value is -4.24. The van der Waals surface area contributed by atoms with Crippen molar-refractivity contribution in [1.82, 2.24) is 19.3 Å². The highest BCUT2D eigenvalue weighted by Gasteiger charge is 2.26. The molecular formula is C25H20N4O4S. The van der Waals surface area contributed by atoms with E-state index in [9.17, 15) is 9.59 Å². The van der Waals surface area contributed by atoms with E-state index in [0.717, 1.165) is 21.8 Å². The zero-order chi connectivity index (χ0) is 23.8. The number of carbonyl (C=O) groups is 1. The first-order valence-corrected chi connectivity index (χ1v) is 11.2. The topological polar surface area (TPSA) is 88.2 Å². The quantitative estimate of drug-likeness (QED) is 0.353. The average molecular weight is 473 g/mol. The van der Waals surface area contributed by atoms with Gasteiger partial charge < -0.3 is 9.47 Å². The summed E-state index contributed by atoms with van der Waals surface area (Å²) < 4.78 is 13.2. The van der Waals surface area contributed by atoms with E-state index in [-0.39, 0.29) is 16.8 Å². The fourth-order valence-corrected chi connectivity index (χ4v) is 4.59. The summed E-state index contributed by atoms with van der Waals surface area (Å²) in [7, 11) is 2.92. The van der Waals surface area contributed by atoms with E-state index in [1.807, 2.05) is 55.5 Å². The van der Waals surface area contributed by atoms with Crippen molar-refractivity contribution in [3.05, 3.63) is 88.6 Å². The van der Waals surface area contributed by atoms with Gasteiger partial charge in [-0.3, -0.25) is 9.36 Å². The minimum absolute atomic E-state index is 0.186. The van der Waals surface area contributed by atoms with Gasteiger partial charge in [0, 0.05) is 18.6 Å². The third-order valence-electron chi connectivity index (χ3n) is 5.51. The van der Waals surface area contributed by atoms with Gasteiger partial charge in [-0.1, -0.05) is 29.5 Å². The summed E-state index contributed by atoms with van der Waals surface area (Å²) in [4.78, 5) is 31.4. The third-order valence-corrected chi connectivity index (χ3v) is 6.57. The molecule has 34 heavy (non-hydrogen) atoms. The Morgan fingerprint density at radius 1 is 1.03 bits per heavy atom. The molecule has 0 aliphatic carbocycles. The lowest BCUT2D eigenvalue weighted by Gasteiger charge is -2.09. The summed E-state index contributed by atoms with van der Waals surface area (Å²) in [5.74, 6) is 0.186. The molecule has 0 saturated heterocycles. The van der Waals surface area contributed by atoms with Crippen molar-refractivity contribution in [3.8, 4) is 38.3 Å². The second kappa shape index (κ2) is 8.60. The maximum absolute atomic E-state index is 13.3. The van der Waals surface area contributed by atoms with Gasteiger partial charge in [-0.25, -0.2) is 9.78 Å². The van der Waals surface area contributed by atoms with Gasteiger partial charge in [-0.15, -0.1) is 0 Å². The average Bonchev–Trinajstić information content (AvgIpc) is 3.49. The standard InChI is InChI=1S/C25H20N4O4S/c1-15-6-4-5-7-20(15)29-23(30)18-13-28(14-19(22(18)27-29)24(31)33-3)25-26-12-21(34-25)16-8-10-17(32-2)11-9-16/h4-14H,1-3H3. The summed E-state index contributed by atoms with van der Waals surface area (Å²) in [6, 6.07) is 15.1. The van der Waals surface area contributed by atoms with Crippen LogP contribution >= 0.6 is 11.3 Å². The zero-order valence-electron chi connectivity index (χ0n) is 18.7. The SMILES string of the molecule is COC(=O)c1cn(-c2ncc(-c3ccc(OC)cc3)s2)cc2c(=O)n(-c3ccccc3C)nc1-2. The van der Waals surface area contributed by atoms with E-state index < -0.39 is 5.97 Å². The molecule has 0 N–H and O–H groups in total. The molecule has 0 bridgehead atoms. The Bertz CT molecular complexity index is 1530. The molecular weight excluding hydrogens is 452 g/mol. The Morgan fingerprint density at radius 3 is 2.50 bits per heavy atom. The lowest BCUT2D eigenvalue weighted by Crippen LogP contribution is -2.16. The van der Waals surface area contributed by atoms with Crippen LogP contribution in [0.1, 0.15) is 15.9 Å². The second-order valence-corrected chi connectivity index (χ2v) is 8.58. The van der Waals surface area contributed by atoms with Crippen LogP contribution in [-0.2, 0) is 4.74 Å². The number of benzene rings is 2. The van der Waals surface area contributed by atoms with Gasteiger partial charge in [0.1, 0.15) is 17.0 Å². The van der Waals surface area contributed by atoms with E-state index in [1.54, 1.807) is 30.3 Å². The van der Waals surface area contributed by atoms with E-state index >= 15 is 0 Å². The van der Waals surface area contributed by atoms with Gasteiger partial charge in [0.15, 0.2) is 5.13 Å². The van der Waals surface area contributed by atoms with Gasteiger partial charge in [0.2, 0.25) is 0 Å². The first-order valence-electron chi connectivity index (χ1n) is 10.4. The molecule has 170 valence electrons. The predicted molar refractivity (Wildman–Crippen MR) is 130 cm³/mol. The molecule has 8 nitrogen and oxygen atoms in total. The van der Waals surface area contributed by atoms with Crippen molar-refractivity contribution < 1.29 is 14.3 Å². The van der Waals surface area contributed by atoms with Crippen molar-refractivity contribution in [2.24, 2.45) is 0 Å². The second-order valence-electron chi connectivity index (χ2n) is 7.57. The minimum atomic E-state index is -0.583. The van der Waals surface area contributed by atoms with Crippen molar-refractivity contribution >= 4 is 17.3 Å². The van der Waals surface area contributed by atoms with Crippen LogP contribution in [0.15, 0.2) is 71.9 Å². The van der Waals surface area contributed by atoms with Crippen LogP contribution in [0.2, 0.25) is 0 Å². The van der Waals surface area contributed by atoms with E-state index in [2.05, 4.69) is 10.1 Å². The molecule has 3 heterocycles. The molecule has 0 unspecified atom stereocenters. The molecule has 0 radical (unpaired) electrons. The monoisotopic (exact) mass is 472 g/mol. The molecule has 0 atom stereocenters. The van der Waals surface area contributed by atoms with Gasteiger partial charge in [-0.2, -0.15) is 9.78 Å². The smallest absolute Gasteiger partial charge is 0.341 e. The van der Waals surface area contributed by atoms with Crippen LogP contribution in [0.5, 0.6) is 5.75 Å². The maximum atomic E-state index is 13.3. The molecule has 3 aromatic rings. The molecule has 0 fully saturated rings. The van der Waals surface area contributed by atoms with E-state index in [1.165, 1.54) is 23.1 Å². The number of rotatable bonds is 5. The number of hydrogen-bond donors (Lipinski definition) is 0. The normalized spacial score (nSPS) is 11.0. The molecule has 2 aliphatic heterocycles. The maximum Gasteiger partial charge on any atom is 0.341 e. The number of aromatic nitrogens is 4. The number of para-hydroxylation sites is 1. The Labute approximate surface area is 199 Å². The Kier molecular flexibility index (Phi) is 5.46. The molecule has 0 spiro atoms. The number of fused-ring (bicyclic) bond motifs is 1. The molecule has 0 saturated carbocycles. The number of aryl methyl sites for hydroxylation is 1. The van der Waals surface area contributed by atoms with Crippen LogP contribution in [-0.4, -0.2) is 39.5 Å². The highest BCUT2D eigenvalue weighted by atomic mass is 32.1. The molecule has 2 aliphatic rings. The lowest BCUT2D eigenvalue weighted by molar-refractivity contribution is 0.0600. The lowest BCUT2D eigenvalue weighted by atomic mass is 10.1. The van der Waals surface area contributed by atoms with Crippen LogP contribution in [0, 0.1) is 6.92 Å². The number of methoxy groups -OCH3 is 2. The van der Waals surface area contributed by atoms with Gasteiger partial charge in [-0.05, 0) is 48.4 Å². The summed E-state index contributed by atoms with van der Waals surface area (Å²) in [5, 5.41) is 5.08. The summed E-state index contributed by atoms with van der Waals surface area (Å²) in [5.41, 5.74) is 2.97. The highest BCUT2D eigenvalue weighted by Crippen LogP contribution is 2.31. The number of hydrogen-bond acceptors (Lipinski definition) is 7. The first-order chi connectivity index (χ1) is 16.5. The summed E-state index contributed by atoms with van der Waals surface area (Å²) in [6.07, 6.45) is 5.01. The van der Waals surface area contributed by atoms with Crippen LogP contribution in [0.4, 0.5) is 0 Å². The molecule has 0 amide bonds. The zero-order valence-corrected chi connectivity index (χ0v) is 19.5. The van der Waals surface area contributed by atoms with Crippen molar-refractivity contribution in [3.63, 3.8) is 0 Å². The van der Waals surface area contributed by atoms with Gasteiger partial charge in [0.25, 0.3) is 5.56 Å². The summed E-state index contributed by atoms with van der Waals surface area (Å²) >= 11 is 1.43. The van der Waals surface area contributed by atoms with E-state index in [4.69, 9.17) is 9.47 Å². The number of thiazole rings is 1. The van der Waals surface area contributed by atoms with Gasteiger partial charge in [0.05, 0.1) is 30.3 Å². The minimum Gasteiger partial charge on any atom is -0.497 e. The van der Waals surface area contributed by atoms with Crippen molar-refractivity contribution in [2.75, 3.05) is 14.2 Å². The van der Waals surface area contributed by atoms with Crippen LogP contribution in [0.25, 0.3) is 32.5 Å². The van der Waals surface area contributed by atoms with Gasteiger partial charge >= 0.3 is 5.97 Å². The van der Waals surface area contributed by atoms with Crippen LogP contribution in [0.3, 0.4) is 0 Å². The molecule has 2 aromatic carbocycles. The van der Waals surface area contributed by atoms with Crippen molar-refractivity contribution in [2.45, 2.75) is 6.92 Å². The van der Waals surface area contributed by atoms with E-state index in [0.29, 0.717) is 16.4 Å². The fourth-order valence-electron chi connectivity index (χ4n) is 3.71. The summed E-state index contributed by atoms with van der Waals surface area (Å²) in [6.45, 7) is 1.90. The number of nitrogens with zero attached hydrogens (tertiary/aromatic N) is 4. The van der Waals surface area contributed by atoms with Crippen LogP contribution < -0.4 is 10.3 Å². The first kappa shape index (κ1) is 21.6. The number of esters is 1. The Balaban J connectivity index is 1.65. The highest BCUT2D eigenvalue weighted by molar-refractivity contribution is 7.17. The molecule has 1 aromatic heterocycles.